The average Bonchev–Trinajstić information content (AvgIpc) is 2.72. The number of fused-ring (bicyclic) bond motifs is 6. The van der Waals surface area contributed by atoms with Gasteiger partial charge >= 0.3 is 5.97 Å². The number of rotatable bonds is 1. The Morgan fingerprint density at radius 3 is 1.92 bits per heavy atom. The lowest BCUT2D eigenvalue weighted by Crippen LogP contribution is -2.42. The molecular formula is C21H21NO3. The summed E-state index contributed by atoms with van der Waals surface area (Å²) in [6, 6.07) is 13.3. The van der Waals surface area contributed by atoms with Crippen molar-refractivity contribution in [2.24, 2.45) is 0 Å². The number of carboxylic acids is 1. The van der Waals surface area contributed by atoms with E-state index < -0.39 is 17.0 Å². The van der Waals surface area contributed by atoms with Crippen molar-refractivity contribution in [1.29, 1.82) is 0 Å². The number of nitrogens with zero attached hydrogens (tertiary/aromatic N) is 1. The van der Waals surface area contributed by atoms with Crippen molar-refractivity contribution in [3.8, 4) is 0 Å². The van der Waals surface area contributed by atoms with E-state index in [2.05, 4.69) is 6.07 Å². The van der Waals surface area contributed by atoms with Gasteiger partial charge < -0.3 is 10.3 Å². The van der Waals surface area contributed by atoms with Crippen molar-refractivity contribution < 1.29 is 15.1 Å². The predicted molar refractivity (Wildman–Crippen MR) is 98.1 cm³/mol. The minimum atomic E-state index is -0.935. The minimum Gasteiger partial charge on any atom is -0.478 e. The van der Waals surface area contributed by atoms with Crippen LogP contribution in [0, 0.1) is 0 Å². The van der Waals surface area contributed by atoms with Crippen LogP contribution in [0.25, 0.3) is 21.5 Å². The quantitative estimate of drug-likeness (QED) is 0.623. The fraction of sp³-hybridized carbons (Fsp3) is 0.286. The van der Waals surface area contributed by atoms with Gasteiger partial charge in [0.2, 0.25) is 0 Å². The van der Waals surface area contributed by atoms with Gasteiger partial charge in [0.05, 0.1) is 16.6 Å². The smallest absolute Gasteiger partial charge is 0.335 e. The molecule has 0 amide bonds. The number of benzene rings is 3. The van der Waals surface area contributed by atoms with E-state index in [0.717, 1.165) is 32.7 Å². The van der Waals surface area contributed by atoms with Gasteiger partial charge in [0.15, 0.2) is 0 Å². The molecule has 0 saturated carbocycles. The second-order valence-electron chi connectivity index (χ2n) is 7.79. The molecule has 2 N–H and O–H groups in total. The monoisotopic (exact) mass is 335 g/mol. The summed E-state index contributed by atoms with van der Waals surface area (Å²) < 4.78 is 0. The van der Waals surface area contributed by atoms with Crippen LogP contribution in [0.15, 0.2) is 42.5 Å². The molecule has 1 aliphatic heterocycles. The molecular weight excluding hydrogens is 314 g/mol. The molecule has 25 heavy (non-hydrogen) atoms. The van der Waals surface area contributed by atoms with Crippen LogP contribution in [0.3, 0.4) is 0 Å². The van der Waals surface area contributed by atoms with Crippen molar-refractivity contribution in [2.75, 3.05) is 0 Å². The molecule has 4 nitrogen and oxygen atoms in total. The Balaban J connectivity index is 2.29. The van der Waals surface area contributed by atoms with Gasteiger partial charge in [-0.05, 0) is 72.5 Å². The highest BCUT2D eigenvalue weighted by Crippen LogP contribution is 2.53. The zero-order valence-corrected chi connectivity index (χ0v) is 14.8. The lowest BCUT2D eigenvalue weighted by Gasteiger charge is -2.35. The lowest BCUT2D eigenvalue weighted by atomic mass is 9.82. The highest BCUT2D eigenvalue weighted by atomic mass is 16.5. The first kappa shape index (κ1) is 16.1. The lowest BCUT2D eigenvalue weighted by molar-refractivity contribution is -0.215. The molecule has 4 heteroatoms. The van der Waals surface area contributed by atoms with E-state index in [0.29, 0.717) is 0 Å². The van der Waals surface area contributed by atoms with Crippen LogP contribution in [-0.2, 0) is 11.1 Å². The first-order chi connectivity index (χ1) is 11.7. The third-order valence-corrected chi connectivity index (χ3v) is 5.56. The maximum Gasteiger partial charge on any atom is 0.335 e. The van der Waals surface area contributed by atoms with Gasteiger partial charge in [-0.2, -0.15) is 5.06 Å². The molecule has 0 aliphatic carbocycles. The first-order valence-corrected chi connectivity index (χ1v) is 8.39. The standard InChI is InChI=1S/C21H21NO3/c1-20(2)17-14-8-6-5-7-13(14)16-11-12(19(23)24)9-10-15(16)18(17)21(3,4)22(20)25/h5-11,25H,1-4H3,(H,23,24). The topological polar surface area (TPSA) is 60.8 Å². The molecule has 4 rings (SSSR count). The van der Waals surface area contributed by atoms with Crippen LogP contribution < -0.4 is 0 Å². The van der Waals surface area contributed by atoms with Gasteiger partial charge in [-0.25, -0.2) is 4.79 Å². The second kappa shape index (κ2) is 4.81. The Hall–Kier alpha value is -2.43. The van der Waals surface area contributed by atoms with Crippen LogP contribution in [0.1, 0.15) is 49.2 Å². The van der Waals surface area contributed by atoms with Crippen molar-refractivity contribution >= 4 is 27.5 Å². The molecule has 128 valence electrons. The van der Waals surface area contributed by atoms with E-state index in [1.807, 2.05) is 52.0 Å². The molecule has 0 bridgehead atoms. The Kier molecular flexibility index (Phi) is 3.09. The minimum absolute atomic E-state index is 0.272. The predicted octanol–water partition coefficient (Wildman–Crippen LogP) is 4.87. The molecule has 0 unspecified atom stereocenters. The van der Waals surface area contributed by atoms with E-state index in [1.165, 1.54) is 5.06 Å². The van der Waals surface area contributed by atoms with E-state index in [9.17, 15) is 15.1 Å². The molecule has 0 atom stereocenters. The maximum atomic E-state index is 11.4. The third kappa shape index (κ3) is 1.92. The number of aromatic carboxylic acids is 1. The van der Waals surface area contributed by atoms with Crippen LogP contribution in [0.4, 0.5) is 0 Å². The highest BCUT2D eigenvalue weighted by Gasteiger charge is 2.50. The zero-order chi connectivity index (χ0) is 18.1. The SMILES string of the molecule is CC1(C)c2c(c3ccc(C(=O)O)cc3c3ccccc23)C(C)(C)N1O. The summed E-state index contributed by atoms with van der Waals surface area (Å²) in [5.41, 5.74) is 1.31. The maximum absolute atomic E-state index is 11.4. The number of hydrogen-bond acceptors (Lipinski definition) is 3. The summed E-state index contributed by atoms with van der Waals surface area (Å²) in [6.45, 7) is 8.04. The van der Waals surface area contributed by atoms with Crippen LogP contribution >= 0.6 is 0 Å². The number of hydroxylamine groups is 2. The number of hydrogen-bond donors (Lipinski definition) is 2. The normalized spacial score (nSPS) is 18.6. The van der Waals surface area contributed by atoms with Crippen molar-refractivity contribution in [1.82, 2.24) is 5.06 Å². The van der Waals surface area contributed by atoms with Crippen molar-refractivity contribution in [3.63, 3.8) is 0 Å². The molecule has 0 saturated heterocycles. The Bertz CT molecular complexity index is 1050. The molecule has 1 heterocycles. The third-order valence-electron chi connectivity index (χ3n) is 5.56. The molecule has 0 radical (unpaired) electrons. The summed E-state index contributed by atoms with van der Waals surface area (Å²) >= 11 is 0. The summed E-state index contributed by atoms with van der Waals surface area (Å²) in [5, 5.41) is 25.7. The van der Waals surface area contributed by atoms with Gasteiger partial charge in [0.25, 0.3) is 0 Å². The fourth-order valence-corrected chi connectivity index (χ4v) is 4.50. The molecule has 0 fully saturated rings. The first-order valence-electron chi connectivity index (χ1n) is 8.39. The van der Waals surface area contributed by atoms with Gasteiger partial charge in [0, 0.05) is 0 Å². The highest BCUT2D eigenvalue weighted by molar-refractivity contribution is 6.13. The van der Waals surface area contributed by atoms with Gasteiger partial charge in [-0.15, -0.1) is 0 Å². The molecule has 0 spiro atoms. The second-order valence-corrected chi connectivity index (χ2v) is 7.79. The fourth-order valence-electron chi connectivity index (χ4n) is 4.50. The van der Waals surface area contributed by atoms with Crippen molar-refractivity contribution in [2.45, 2.75) is 38.8 Å². The van der Waals surface area contributed by atoms with Gasteiger partial charge in [-0.1, -0.05) is 30.3 Å². The molecule has 3 aromatic carbocycles. The summed E-state index contributed by atoms with van der Waals surface area (Å²) in [4.78, 5) is 11.4. The summed E-state index contributed by atoms with van der Waals surface area (Å²) in [6.07, 6.45) is 0. The zero-order valence-electron chi connectivity index (χ0n) is 14.8. The van der Waals surface area contributed by atoms with E-state index in [-0.39, 0.29) is 5.56 Å². The molecule has 1 aliphatic rings. The van der Waals surface area contributed by atoms with Gasteiger partial charge in [0.1, 0.15) is 0 Å². The summed E-state index contributed by atoms with van der Waals surface area (Å²) in [5.74, 6) is -0.935. The number of carboxylic acid groups (broad SMARTS) is 1. The van der Waals surface area contributed by atoms with Gasteiger partial charge in [-0.3, -0.25) is 0 Å². The van der Waals surface area contributed by atoms with Crippen LogP contribution in [0.5, 0.6) is 0 Å². The number of carbonyl (C=O) groups is 1. The Morgan fingerprint density at radius 2 is 1.36 bits per heavy atom. The largest absolute Gasteiger partial charge is 0.478 e. The Morgan fingerprint density at radius 1 is 0.840 bits per heavy atom. The van der Waals surface area contributed by atoms with Crippen LogP contribution in [0.2, 0.25) is 0 Å². The van der Waals surface area contributed by atoms with Crippen LogP contribution in [-0.4, -0.2) is 21.3 Å². The molecule has 3 aromatic rings. The van der Waals surface area contributed by atoms with E-state index in [1.54, 1.807) is 12.1 Å². The average molecular weight is 335 g/mol. The summed E-state index contributed by atoms with van der Waals surface area (Å²) in [7, 11) is 0. The Labute approximate surface area is 146 Å². The van der Waals surface area contributed by atoms with Crippen molar-refractivity contribution in [3.05, 3.63) is 59.2 Å². The van der Waals surface area contributed by atoms with E-state index in [4.69, 9.17) is 0 Å². The molecule has 0 aromatic heterocycles. The van der Waals surface area contributed by atoms with E-state index >= 15 is 0 Å².